The highest BCUT2D eigenvalue weighted by molar-refractivity contribution is 7.80. The van der Waals surface area contributed by atoms with Gasteiger partial charge in [0, 0.05) is 16.8 Å². The first kappa shape index (κ1) is 25.0. The highest BCUT2D eigenvalue weighted by Gasteiger charge is 2.15. The second kappa shape index (κ2) is 10.4. The van der Waals surface area contributed by atoms with Gasteiger partial charge in [-0.25, -0.2) is 4.98 Å². The molecule has 5 aromatic rings. The average molecular weight is 550 g/mol. The molecule has 0 saturated heterocycles. The van der Waals surface area contributed by atoms with Crippen LogP contribution in [0.3, 0.4) is 0 Å². The molecule has 5 rings (SSSR count). The summed E-state index contributed by atoms with van der Waals surface area (Å²) in [5.41, 5.74) is 5.01. The van der Waals surface area contributed by atoms with Gasteiger partial charge in [0.2, 0.25) is 5.89 Å². The fourth-order valence-corrected chi connectivity index (χ4v) is 4.22. The third-order valence-electron chi connectivity index (χ3n) is 5.73. The second-order valence-corrected chi connectivity index (χ2v) is 9.90. The van der Waals surface area contributed by atoms with E-state index in [1.165, 1.54) is 5.56 Å². The Morgan fingerprint density at radius 2 is 1.65 bits per heavy atom. The average Bonchev–Trinajstić information content (AvgIpc) is 3.53. The third-order valence-corrected chi connectivity index (χ3v) is 6.67. The molecule has 0 aliphatic heterocycles. The predicted octanol–water partition coefficient (Wildman–Crippen LogP) is 8.31. The molecule has 0 spiro atoms. The molecule has 2 aromatic heterocycles. The van der Waals surface area contributed by atoms with E-state index in [0.29, 0.717) is 38.9 Å². The predicted molar refractivity (Wildman–Crippen MR) is 151 cm³/mol. The van der Waals surface area contributed by atoms with E-state index in [1.54, 1.807) is 30.3 Å². The summed E-state index contributed by atoms with van der Waals surface area (Å²) < 4.78 is 11.6. The lowest BCUT2D eigenvalue weighted by Gasteiger charge is -2.09. The quantitative estimate of drug-likeness (QED) is 0.214. The highest BCUT2D eigenvalue weighted by Crippen LogP contribution is 2.30. The van der Waals surface area contributed by atoms with E-state index in [-0.39, 0.29) is 10.9 Å². The largest absolute Gasteiger partial charge is 0.451 e. The molecule has 0 aliphatic carbocycles. The lowest BCUT2D eigenvalue weighted by atomic mass is 10.0. The molecule has 0 fully saturated rings. The fourth-order valence-electron chi connectivity index (χ4n) is 3.71. The van der Waals surface area contributed by atoms with Gasteiger partial charge in [-0.1, -0.05) is 43.1 Å². The van der Waals surface area contributed by atoms with Gasteiger partial charge in [-0.05, 0) is 90.4 Å². The topological polar surface area (TPSA) is 80.3 Å². The molecule has 1 amide bonds. The molecule has 0 bridgehead atoms. The van der Waals surface area contributed by atoms with Gasteiger partial charge in [-0.3, -0.25) is 10.1 Å². The van der Waals surface area contributed by atoms with Crippen molar-refractivity contribution in [1.82, 2.24) is 10.3 Å². The first-order valence-corrected chi connectivity index (χ1v) is 12.6. The monoisotopic (exact) mass is 549 g/mol. The number of nitrogens with zero attached hydrogens (tertiary/aromatic N) is 1. The zero-order valence-electron chi connectivity index (χ0n) is 19.8. The summed E-state index contributed by atoms with van der Waals surface area (Å²) in [5, 5.41) is 6.58. The van der Waals surface area contributed by atoms with Gasteiger partial charge in [0.15, 0.2) is 16.5 Å². The number of fused-ring (bicyclic) bond motifs is 1. The molecule has 0 atom stereocenters. The first-order valence-electron chi connectivity index (χ1n) is 11.5. The maximum absolute atomic E-state index is 12.6. The Morgan fingerprint density at radius 1 is 0.892 bits per heavy atom. The number of furan rings is 1. The van der Waals surface area contributed by atoms with Crippen LogP contribution >= 0.6 is 35.4 Å². The third kappa shape index (κ3) is 5.54. The number of amides is 1. The molecule has 37 heavy (non-hydrogen) atoms. The van der Waals surface area contributed by atoms with Crippen molar-refractivity contribution in [3.63, 3.8) is 0 Å². The SMILES string of the molecule is CC(C)c1ccc2oc(-c3ccc(NC(=S)NC(=O)c4ccc(-c5ccc(Cl)c(Cl)c5)o4)cc3)nc2c1. The number of hydrogen-bond donors (Lipinski definition) is 2. The van der Waals surface area contributed by atoms with Crippen LogP contribution in [-0.2, 0) is 0 Å². The van der Waals surface area contributed by atoms with E-state index in [0.717, 1.165) is 16.7 Å². The Hall–Kier alpha value is -3.65. The molecular weight excluding hydrogens is 529 g/mol. The minimum atomic E-state index is -0.479. The number of carbonyl (C=O) groups excluding carboxylic acids is 1. The van der Waals surface area contributed by atoms with Crippen molar-refractivity contribution in [3.8, 4) is 22.8 Å². The molecule has 186 valence electrons. The van der Waals surface area contributed by atoms with Gasteiger partial charge in [0.1, 0.15) is 11.3 Å². The minimum absolute atomic E-state index is 0.108. The lowest BCUT2D eigenvalue weighted by Crippen LogP contribution is -2.33. The van der Waals surface area contributed by atoms with Crippen molar-refractivity contribution in [2.45, 2.75) is 19.8 Å². The van der Waals surface area contributed by atoms with Crippen molar-refractivity contribution in [1.29, 1.82) is 0 Å². The Labute approximate surface area is 228 Å². The van der Waals surface area contributed by atoms with Crippen LogP contribution in [0, 0.1) is 0 Å². The Balaban J connectivity index is 1.22. The first-order chi connectivity index (χ1) is 17.8. The number of carbonyl (C=O) groups is 1. The van der Waals surface area contributed by atoms with Gasteiger partial charge in [-0.2, -0.15) is 0 Å². The van der Waals surface area contributed by atoms with Gasteiger partial charge in [-0.15, -0.1) is 0 Å². The van der Waals surface area contributed by atoms with Crippen LogP contribution in [0.2, 0.25) is 10.0 Å². The van der Waals surface area contributed by atoms with Gasteiger partial charge in [0.05, 0.1) is 10.0 Å². The van der Waals surface area contributed by atoms with Gasteiger partial charge < -0.3 is 14.2 Å². The summed E-state index contributed by atoms with van der Waals surface area (Å²) in [6, 6.07) is 21.8. The second-order valence-electron chi connectivity index (χ2n) is 8.68. The normalized spacial score (nSPS) is 11.2. The van der Waals surface area contributed by atoms with Crippen molar-refractivity contribution in [3.05, 3.63) is 94.2 Å². The summed E-state index contributed by atoms with van der Waals surface area (Å²) in [5.74, 6) is 1.06. The minimum Gasteiger partial charge on any atom is -0.451 e. The van der Waals surface area contributed by atoms with Gasteiger partial charge >= 0.3 is 0 Å². The lowest BCUT2D eigenvalue weighted by molar-refractivity contribution is 0.0951. The van der Waals surface area contributed by atoms with Crippen LogP contribution in [0.4, 0.5) is 5.69 Å². The summed E-state index contributed by atoms with van der Waals surface area (Å²) in [7, 11) is 0. The molecule has 0 saturated carbocycles. The van der Waals surface area contributed by atoms with Crippen LogP contribution < -0.4 is 10.6 Å². The van der Waals surface area contributed by atoms with Crippen LogP contribution in [0.5, 0.6) is 0 Å². The van der Waals surface area contributed by atoms with Crippen molar-refractivity contribution < 1.29 is 13.6 Å². The molecule has 2 N–H and O–H groups in total. The molecular formula is C28H21Cl2N3O3S. The number of rotatable bonds is 5. The fraction of sp³-hybridized carbons (Fsp3) is 0.107. The number of benzene rings is 3. The highest BCUT2D eigenvalue weighted by atomic mass is 35.5. The summed E-state index contributed by atoms with van der Waals surface area (Å²) >= 11 is 17.3. The number of halogens is 2. The van der Waals surface area contributed by atoms with E-state index in [4.69, 9.17) is 44.3 Å². The molecule has 0 aliphatic rings. The molecule has 0 radical (unpaired) electrons. The van der Waals surface area contributed by atoms with Crippen LogP contribution in [0.1, 0.15) is 35.9 Å². The summed E-state index contributed by atoms with van der Waals surface area (Å²) in [4.78, 5) is 17.2. The van der Waals surface area contributed by atoms with Crippen molar-refractivity contribution in [2.75, 3.05) is 5.32 Å². The number of nitrogens with one attached hydrogen (secondary N) is 2. The molecule has 2 heterocycles. The Kier molecular flexibility index (Phi) is 7.02. The van der Waals surface area contributed by atoms with Crippen molar-refractivity contribution in [2.24, 2.45) is 0 Å². The van der Waals surface area contributed by atoms with E-state index >= 15 is 0 Å². The molecule has 3 aromatic carbocycles. The number of aromatic nitrogens is 1. The zero-order chi connectivity index (χ0) is 26.1. The van der Waals surface area contributed by atoms with Crippen molar-refractivity contribution >= 4 is 63.2 Å². The van der Waals surface area contributed by atoms with Crippen LogP contribution in [-0.4, -0.2) is 16.0 Å². The Morgan fingerprint density at radius 3 is 2.38 bits per heavy atom. The smallest absolute Gasteiger partial charge is 0.293 e. The number of thiocarbonyl (C=S) groups is 1. The van der Waals surface area contributed by atoms with E-state index in [9.17, 15) is 4.79 Å². The number of anilines is 1. The molecule has 0 unspecified atom stereocenters. The van der Waals surface area contributed by atoms with E-state index in [2.05, 4.69) is 41.6 Å². The van der Waals surface area contributed by atoms with Gasteiger partial charge in [0.25, 0.3) is 5.91 Å². The summed E-state index contributed by atoms with van der Waals surface area (Å²) in [6.45, 7) is 4.29. The van der Waals surface area contributed by atoms with Crippen LogP contribution in [0.15, 0.2) is 81.6 Å². The van der Waals surface area contributed by atoms with E-state index < -0.39 is 5.91 Å². The molecule has 6 nitrogen and oxygen atoms in total. The van der Waals surface area contributed by atoms with Crippen LogP contribution in [0.25, 0.3) is 33.9 Å². The maximum atomic E-state index is 12.6. The summed E-state index contributed by atoms with van der Waals surface area (Å²) in [6.07, 6.45) is 0. The molecule has 9 heteroatoms. The zero-order valence-corrected chi connectivity index (χ0v) is 22.2. The Bertz CT molecular complexity index is 1620. The standard InChI is InChI=1S/C28H21Cl2N3O3S/c1-15(2)17-6-10-24-22(14-17)32-27(36-24)16-3-7-19(8-4-16)31-28(37)33-26(34)25-12-11-23(35-25)18-5-9-20(29)21(30)13-18/h3-15H,1-2H3,(H2,31,33,34,37). The van der Waals surface area contributed by atoms with E-state index in [1.807, 2.05) is 30.3 Å². The number of oxazole rings is 1. The maximum Gasteiger partial charge on any atom is 0.293 e. The number of hydrogen-bond acceptors (Lipinski definition) is 5.